The molecule has 3 aromatic rings. The van der Waals surface area contributed by atoms with Crippen LogP contribution in [0.3, 0.4) is 0 Å². The fraction of sp³-hybridized carbons (Fsp3) is 0.471. The molecule has 0 atom stereocenters. The molecular formula is C17H21N7O3. The largest absolute Gasteiger partial charge is 0.388 e. The van der Waals surface area contributed by atoms with E-state index in [1.54, 1.807) is 25.3 Å². The van der Waals surface area contributed by atoms with Gasteiger partial charge in [0.2, 0.25) is 0 Å². The van der Waals surface area contributed by atoms with Gasteiger partial charge in [0, 0.05) is 31.2 Å². The number of rotatable bonds is 7. The average molecular weight is 371 g/mol. The van der Waals surface area contributed by atoms with E-state index in [4.69, 9.17) is 4.74 Å². The molecule has 1 amide bonds. The molecule has 0 unspecified atom stereocenters. The third kappa shape index (κ3) is 3.40. The molecule has 1 aromatic carbocycles. The van der Waals surface area contributed by atoms with E-state index in [1.807, 2.05) is 4.57 Å². The third-order valence-electron chi connectivity index (χ3n) is 4.93. The zero-order valence-electron chi connectivity index (χ0n) is 14.9. The van der Waals surface area contributed by atoms with Crippen LogP contribution >= 0.6 is 0 Å². The number of benzene rings is 1. The van der Waals surface area contributed by atoms with E-state index in [9.17, 15) is 9.90 Å². The molecule has 0 spiro atoms. The molecule has 4 rings (SSSR count). The Morgan fingerprint density at radius 3 is 2.93 bits per heavy atom. The number of aromatic nitrogens is 6. The van der Waals surface area contributed by atoms with E-state index in [0.29, 0.717) is 30.1 Å². The first-order chi connectivity index (χ1) is 13.2. The number of carbonyl (C=O) groups excluding carboxylic acids is 1. The molecule has 0 saturated heterocycles. The predicted octanol–water partition coefficient (Wildman–Crippen LogP) is 0.364. The maximum absolute atomic E-state index is 12.5. The first kappa shape index (κ1) is 17.6. The minimum Gasteiger partial charge on any atom is -0.388 e. The molecule has 2 aromatic heterocycles. The molecule has 10 nitrogen and oxygen atoms in total. The summed E-state index contributed by atoms with van der Waals surface area (Å²) in [7, 11) is 1.63. The lowest BCUT2D eigenvalue weighted by atomic mass is 9.79. The smallest absolute Gasteiger partial charge is 0.251 e. The molecule has 0 aliphatic heterocycles. The van der Waals surface area contributed by atoms with Crippen molar-refractivity contribution in [1.29, 1.82) is 0 Å². The van der Waals surface area contributed by atoms with Crippen molar-refractivity contribution >= 4 is 16.9 Å². The summed E-state index contributed by atoms with van der Waals surface area (Å²) < 4.78 is 7.03. The first-order valence-corrected chi connectivity index (χ1v) is 8.82. The van der Waals surface area contributed by atoms with Crippen molar-refractivity contribution in [2.24, 2.45) is 0 Å². The van der Waals surface area contributed by atoms with E-state index in [2.05, 4.69) is 30.9 Å². The summed E-state index contributed by atoms with van der Waals surface area (Å²) in [5.74, 6) is 1.46. The van der Waals surface area contributed by atoms with Crippen molar-refractivity contribution in [3.63, 3.8) is 0 Å². The van der Waals surface area contributed by atoms with Crippen molar-refractivity contribution in [3.05, 3.63) is 35.4 Å². The summed E-state index contributed by atoms with van der Waals surface area (Å²) >= 11 is 0. The molecule has 1 fully saturated rings. The van der Waals surface area contributed by atoms with Crippen LogP contribution in [0.5, 0.6) is 0 Å². The number of aromatic amines is 1. The predicted molar refractivity (Wildman–Crippen MR) is 94.9 cm³/mol. The number of H-pyrrole nitrogens is 1. The number of ether oxygens (including phenoxy) is 1. The van der Waals surface area contributed by atoms with Crippen molar-refractivity contribution in [2.75, 3.05) is 13.7 Å². The first-order valence-electron chi connectivity index (χ1n) is 8.82. The van der Waals surface area contributed by atoms with Crippen LogP contribution in [-0.4, -0.2) is 60.9 Å². The number of aliphatic hydroxyl groups is 1. The Labute approximate surface area is 154 Å². The maximum atomic E-state index is 12.5. The lowest BCUT2D eigenvalue weighted by molar-refractivity contribution is 0.0906. The normalized spacial score (nSPS) is 19.2. The summed E-state index contributed by atoms with van der Waals surface area (Å²) in [6.07, 6.45) is 1.57. The van der Waals surface area contributed by atoms with Gasteiger partial charge in [0.1, 0.15) is 23.5 Å². The summed E-state index contributed by atoms with van der Waals surface area (Å²) in [5, 5.41) is 31.3. The van der Waals surface area contributed by atoms with E-state index in [-0.39, 0.29) is 24.5 Å². The van der Waals surface area contributed by atoms with Crippen LogP contribution in [0.1, 0.15) is 40.8 Å². The molecule has 2 heterocycles. The highest BCUT2D eigenvalue weighted by Crippen LogP contribution is 2.36. The van der Waals surface area contributed by atoms with Gasteiger partial charge in [0.25, 0.3) is 5.91 Å². The van der Waals surface area contributed by atoms with E-state index in [0.717, 1.165) is 24.2 Å². The number of fused-ring (bicyclic) bond motifs is 1. The summed E-state index contributed by atoms with van der Waals surface area (Å²) in [6, 6.07) is 5.32. The Bertz CT molecular complexity index is 945. The van der Waals surface area contributed by atoms with Crippen LogP contribution in [0.2, 0.25) is 0 Å². The number of methoxy groups -OCH3 is 1. The van der Waals surface area contributed by atoms with Gasteiger partial charge in [-0.05, 0) is 31.0 Å². The van der Waals surface area contributed by atoms with Crippen LogP contribution in [0.25, 0.3) is 11.0 Å². The van der Waals surface area contributed by atoms with Gasteiger partial charge in [-0.25, -0.2) is 0 Å². The minimum absolute atomic E-state index is 0.0839. The van der Waals surface area contributed by atoms with Crippen molar-refractivity contribution in [1.82, 2.24) is 35.5 Å². The molecule has 10 heteroatoms. The lowest BCUT2D eigenvalue weighted by Gasteiger charge is -2.35. The van der Waals surface area contributed by atoms with Crippen molar-refractivity contribution in [2.45, 2.75) is 38.0 Å². The molecular weight excluding hydrogens is 350 g/mol. The summed E-state index contributed by atoms with van der Waals surface area (Å²) in [4.78, 5) is 12.5. The highest BCUT2D eigenvalue weighted by Gasteiger charge is 2.35. The topological polar surface area (TPSA) is 131 Å². The second kappa shape index (κ2) is 7.41. The van der Waals surface area contributed by atoms with Gasteiger partial charge in [0.15, 0.2) is 5.82 Å². The second-order valence-corrected chi connectivity index (χ2v) is 6.64. The van der Waals surface area contributed by atoms with Gasteiger partial charge < -0.3 is 19.7 Å². The molecule has 0 bridgehead atoms. The Balaban J connectivity index is 1.38. The van der Waals surface area contributed by atoms with Crippen LogP contribution in [-0.2, 0) is 17.9 Å². The Morgan fingerprint density at radius 1 is 1.33 bits per heavy atom. The maximum Gasteiger partial charge on any atom is 0.251 e. The number of carbonyl (C=O) groups is 1. The van der Waals surface area contributed by atoms with Crippen LogP contribution in [0.15, 0.2) is 18.2 Å². The van der Waals surface area contributed by atoms with Gasteiger partial charge in [0.05, 0.1) is 6.61 Å². The van der Waals surface area contributed by atoms with E-state index in [1.165, 1.54) is 0 Å². The van der Waals surface area contributed by atoms with Crippen LogP contribution in [0.4, 0.5) is 0 Å². The van der Waals surface area contributed by atoms with Gasteiger partial charge >= 0.3 is 0 Å². The Morgan fingerprint density at radius 2 is 2.15 bits per heavy atom. The van der Waals surface area contributed by atoms with E-state index >= 15 is 0 Å². The number of aliphatic hydroxyl groups excluding tert-OH is 1. The Hall–Kier alpha value is -2.85. The zero-order chi connectivity index (χ0) is 18.8. The second-order valence-electron chi connectivity index (χ2n) is 6.64. The molecule has 27 heavy (non-hydrogen) atoms. The molecule has 0 radical (unpaired) electrons. The minimum atomic E-state index is -0.159. The standard InChI is InChI=1S/C17H21N7O3/c1-27-5-4-24-15(9-25)21-22-16(24)11-6-12(7-11)18-17(26)10-2-3-13-14(8-10)20-23-19-13/h2-3,8,11-12,25H,4-7,9H2,1H3,(H,18,26)(H,19,20,23). The zero-order valence-corrected chi connectivity index (χ0v) is 14.9. The van der Waals surface area contributed by atoms with Crippen molar-refractivity contribution < 1.29 is 14.6 Å². The van der Waals surface area contributed by atoms with Gasteiger partial charge in [-0.1, -0.05) is 0 Å². The molecule has 3 N–H and O–H groups in total. The van der Waals surface area contributed by atoms with Gasteiger partial charge in [-0.2, -0.15) is 15.4 Å². The number of nitrogens with zero attached hydrogens (tertiary/aromatic N) is 5. The number of hydrogen-bond acceptors (Lipinski definition) is 7. The highest BCUT2D eigenvalue weighted by molar-refractivity contribution is 5.97. The van der Waals surface area contributed by atoms with Crippen molar-refractivity contribution in [3.8, 4) is 0 Å². The molecule has 142 valence electrons. The number of nitrogens with one attached hydrogen (secondary N) is 2. The average Bonchev–Trinajstić information content (AvgIpc) is 3.27. The number of hydrogen-bond donors (Lipinski definition) is 3. The lowest BCUT2D eigenvalue weighted by Crippen LogP contribution is -2.44. The SMILES string of the molecule is COCCn1c(CO)nnc1C1CC(NC(=O)c2ccc3n[nH]nc3c2)C1. The van der Waals surface area contributed by atoms with Crippen LogP contribution in [0, 0.1) is 0 Å². The number of amides is 1. The van der Waals surface area contributed by atoms with Gasteiger partial charge in [-0.3, -0.25) is 4.79 Å². The Kier molecular flexibility index (Phi) is 4.82. The molecule has 1 aliphatic rings. The molecule has 1 aliphatic carbocycles. The van der Waals surface area contributed by atoms with E-state index < -0.39 is 0 Å². The highest BCUT2D eigenvalue weighted by atomic mass is 16.5. The summed E-state index contributed by atoms with van der Waals surface area (Å²) in [6.45, 7) is 0.962. The quantitative estimate of drug-likeness (QED) is 0.546. The monoisotopic (exact) mass is 371 g/mol. The third-order valence-corrected chi connectivity index (χ3v) is 4.93. The van der Waals surface area contributed by atoms with Gasteiger partial charge in [-0.15, -0.1) is 10.2 Å². The molecule has 1 saturated carbocycles. The van der Waals surface area contributed by atoms with Crippen LogP contribution < -0.4 is 5.32 Å². The summed E-state index contributed by atoms with van der Waals surface area (Å²) in [5.41, 5.74) is 1.95. The fourth-order valence-electron chi connectivity index (χ4n) is 3.39. The fourth-order valence-corrected chi connectivity index (χ4v) is 3.39.